The van der Waals surface area contributed by atoms with Crippen LogP contribution in [-0.2, 0) is 19.0 Å². The van der Waals surface area contributed by atoms with Crippen LogP contribution in [0, 0.1) is 0 Å². The molecule has 120 valence electrons. The molecule has 0 aliphatic carbocycles. The van der Waals surface area contributed by atoms with Crippen LogP contribution in [0.25, 0.3) is 6.08 Å². The summed E-state index contributed by atoms with van der Waals surface area (Å²) in [6.07, 6.45) is 4.70. The first-order valence-electron chi connectivity index (χ1n) is 7.73. The summed E-state index contributed by atoms with van der Waals surface area (Å²) in [5.41, 5.74) is 1.12. The second-order valence-electron chi connectivity index (χ2n) is 5.81. The molecule has 0 amide bonds. The van der Waals surface area contributed by atoms with Crippen molar-refractivity contribution in [3.05, 3.63) is 42.0 Å². The number of hydrogen-bond donors (Lipinski definition) is 0. The first-order valence-corrected chi connectivity index (χ1v) is 7.73. The molecule has 0 bridgehead atoms. The molecular formula is C18H24O4. The number of carbonyl (C=O) groups excluding carboxylic acids is 1. The van der Waals surface area contributed by atoms with Crippen molar-refractivity contribution in [2.45, 2.75) is 51.6 Å². The van der Waals surface area contributed by atoms with Crippen LogP contribution in [0.3, 0.4) is 0 Å². The normalized spacial score (nSPS) is 24.3. The summed E-state index contributed by atoms with van der Waals surface area (Å²) in [5, 5.41) is 0. The predicted octanol–water partition coefficient (Wildman–Crippen LogP) is 3.56. The van der Waals surface area contributed by atoms with Gasteiger partial charge < -0.3 is 14.2 Å². The highest BCUT2D eigenvalue weighted by molar-refractivity contribution is 5.70. The molecule has 1 aromatic carbocycles. The van der Waals surface area contributed by atoms with Gasteiger partial charge in [-0.2, -0.15) is 0 Å². The summed E-state index contributed by atoms with van der Waals surface area (Å²) in [6.45, 7) is 5.93. The standard InChI is InChI=1S/C18H24O4/c1-4-20-17(19)13-16-12-15(21-18(2,3)22-16)11-10-14-8-6-5-7-9-14/h5-11,15-16H,4,12-13H2,1-3H3/b11-10+/t15-,16-/m1/s1. The zero-order valence-corrected chi connectivity index (χ0v) is 13.5. The number of esters is 1. The largest absolute Gasteiger partial charge is 0.466 e. The minimum absolute atomic E-state index is 0.0802. The van der Waals surface area contributed by atoms with E-state index < -0.39 is 5.79 Å². The highest BCUT2D eigenvalue weighted by Gasteiger charge is 2.35. The lowest BCUT2D eigenvalue weighted by Gasteiger charge is -2.39. The topological polar surface area (TPSA) is 44.8 Å². The molecule has 1 saturated heterocycles. The Morgan fingerprint density at radius 2 is 2.05 bits per heavy atom. The molecule has 0 unspecified atom stereocenters. The van der Waals surface area contributed by atoms with Gasteiger partial charge in [0.05, 0.1) is 25.2 Å². The van der Waals surface area contributed by atoms with E-state index in [1.807, 2.05) is 56.3 Å². The summed E-state index contributed by atoms with van der Waals surface area (Å²) in [6, 6.07) is 10.1. The molecule has 0 radical (unpaired) electrons. The molecule has 0 N–H and O–H groups in total. The Balaban J connectivity index is 1.99. The fraction of sp³-hybridized carbons (Fsp3) is 0.500. The van der Waals surface area contributed by atoms with Gasteiger partial charge in [-0.15, -0.1) is 0 Å². The first-order chi connectivity index (χ1) is 10.5. The van der Waals surface area contributed by atoms with Crippen LogP contribution >= 0.6 is 0 Å². The molecular weight excluding hydrogens is 280 g/mol. The molecule has 4 heteroatoms. The maximum atomic E-state index is 11.6. The molecule has 1 fully saturated rings. The van der Waals surface area contributed by atoms with Gasteiger partial charge >= 0.3 is 5.97 Å². The van der Waals surface area contributed by atoms with Gasteiger partial charge in [-0.25, -0.2) is 0 Å². The third-order valence-electron chi connectivity index (χ3n) is 3.38. The van der Waals surface area contributed by atoms with Crippen molar-refractivity contribution in [3.63, 3.8) is 0 Å². The van der Waals surface area contributed by atoms with Crippen molar-refractivity contribution in [1.82, 2.24) is 0 Å². The Labute approximate surface area is 132 Å². The summed E-state index contributed by atoms with van der Waals surface area (Å²) >= 11 is 0. The second kappa shape index (κ2) is 7.56. The zero-order chi connectivity index (χ0) is 16.0. The average Bonchev–Trinajstić information content (AvgIpc) is 2.45. The van der Waals surface area contributed by atoms with E-state index in [-0.39, 0.29) is 24.6 Å². The average molecular weight is 304 g/mol. The third kappa shape index (κ3) is 5.28. The van der Waals surface area contributed by atoms with Gasteiger partial charge in [-0.1, -0.05) is 42.5 Å². The fourth-order valence-corrected chi connectivity index (χ4v) is 2.58. The third-order valence-corrected chi connectivity index (χ3v) is 3.38. The Morgan fingerprint density at radius 1 is 1.32 bits per heavy atom. The summed E-state index contributed by atoms with van der Waals surface area (Å²) in [5.74, 6) is -0.933. The summed E-state index contributed by atoms with van der Waals surface area (Å²) < 4.78 is 16.7. The van der Waals surface area contributed by atoms with E-state index in [2.05, 4.69) is 0 Å². The number of rotatable bonds is 5. The molecule has 1 heterocycles. The van der Waals surface area contributed by atoms with Crippen molar-refractivity contribution in [3.8, 4) is 0 Å². The van der Waals surface area contributed by atoms with Gasteiger partial charge in [0, 0.05) is 6.42 Å². The fourth-order valence-electron chi connectivity index (χ4n) is 2.58. The van der Waals surface area contributed by atoms with Gasteiger partial charge in [-0.05, 0) is 26.3 Å². The Morgan fingerprint density at radius 3 is 2.73 bits per heavy atom. The monoisotopic (exact) mass is 304 g/mol. The predicted molar refractivity (Wildman–Crippen MR) is 85.2 cm³/mol. The van der Waals surface area contributed by atoms with Crippen molar-refractivity contribution >= 4 is 12.0 Å². The number of benzene rings is 1. The van der Waals surface area contributed by atoms with Crippen LogP contribution in [0.15, 0.2) is 36.4 Å². The SMILES string of the molecule is CCOC(=O)C[C@H]1C[C@@H](/C=C/c2ccccc2)OC(C)(C)O1. The molecule has 1 aromatic rings. The number of ether oxygens (including phenoxy) is 3. The second-order valence-corrected chi connectivity index (χ2v) is 5.81. The maximum absolute atomic E-state index is 11.6. The quantitative estimate of drug-likeness (QED) is 0.780. The van der Waals surface area contributed by atoms with Crippen molar-refractivity contribution in [1.29, 1.82) is 0 Å². The van der Waals surface area contributed by atoms with Crippen LogP contribution in [0.2, 0.25) is 0 Å². The van der Waals surface area contributed by atoms with Crippen LogP contribution < -0.4 is 0 Å². The smallest absolute Gasteiger partial charge is 0.308 e. The lowest BCUT2D eigenvalue weighted by atomic mass is 10.0. The number of carbonyl (C=O) groups is 1. The van der Waals surface area contributed by atoms with Crippen molar-refractivity contribution in [2.75, 3.05) is 6.61 Å². The first kappa shape index (κ1) is 16.7. The summed E-state index contributed by atoms with van der Waals surface area (Å²) in [4.78, 5) is 11.6. The molecule has 4 nitrogen and oxygen atoms in total. The zero-order valence-electron chi connectivity index (χ0n) is 13.5. The lowest BCUT2D eigenvalue weighted by molar-refractivity contribution is -0.290. The Bertz CT molecular complexity index is 507. The minimum Gasteiger partial charge on any atom is -0.466 e. The molecule has 0 saturated carbocycles. The van der Waals surface area contributed by atoms with E-state index in [1.54, 1.807) is 6.92 Å². The van der Waals surface area contributed by atoms with Crippen LogP contribution in [0.5, 0.6) is 0 Å². The molecule has 0 aromatic heterocycles. The molecule has 2 atom stereocenters. The van der Waals surface area contributed by atoms with Gasteiger partial charge in [0.15, 0.2) is 5.79 Å². The highest BCUT2D eigenvalue weighted by atomic mass is 16.7. The molecule has 1 aliphatic heterocycles. The lowest BCUT2D eigenvalue weighted by Crippen LogP contribution is -2.44. The van der Waals surface area contributed by atoms with Gasteiger partial charge in [0.1, 0.15) is 0 Å². The molecule has 22 heavy (non-hydrogen) atoms. The van der Waals surface area contributed by atoms with Gasteiger partial charge in [0.2, 0.25) is 0 Å². The van der Waals surface area contributed by atoms with Gasteiger partial charge in [0.25, 0.3) is 0 Å². The van der Waals surface area contributed by atoms with E-state index in [1.165, 1.54) is 0 Å². The minimum atomic E-state index is -0.707. The maximum Gasteiger partial charge on any atom is 0.308 e. The van der Waals surface area contributed by atoms with E-state index >= 15 is 0 Å². The molecule has 2 rings (SSSR count). The van der Waals surface area contributed by atoms with E-state index in [9.17, 15) is 4.79 Å². The summed E-state index contributed by atoms with van der Waals surface area (Å²) in [7, 11) is 0. The van der Waals surface area contributed by atoms with Crippen molar-refractivity contribution < 1.29 is 19.0 Å². The Kier molecular flexibility index (Phi) is 5.75. The van der Waals surface area contributed by atoms with E-state index in [0.717, 1.165) is 5.56 Å². The van der Waals surface area contributed by atoms with Crippen LogP contribution in [0.4, 0.5) is 0 Å². The highest BCUT2D eigenvalue weighted by Crippen LogP contribution is 2.29. The van der Waals surface area contributed by atoms with Crippen molar-refractivity contribution in [2.24, 2.45) is 0 Å². The van der Waals surface area contributed by atoms with Crippen LogP contribution in [-0.4, -0.2) is 30.6 Å². The molecule has 0 spiro atoms. The molecule has 1 aliphatic rings. The van der Waals surface area contributed by atoms with E-state index in [4.69, 9.17) is 14.2 Å². The van der Waals surface area contributed by atoms with Crippen LogP contribution in [0.1, 0.15) is 39.2 Å². The van der Waals surface area contributed by atoms with E-state index in [0.29, 0.717) is 13.0 Å². The number of hydrogen-bond acceptors (Lipinski definition) is 4. The van der Waals surface area contributed by atoms with Gasteiger partial charge in [-0.3, -0.25) is 4.79 Å². The Hall–Kier alpha value is -1.65.